The molecular formula is C20H30N2. The van der Waals surface area contributed by atoms with Gasteiger partial charge in [-0.05, 0) is 37.4 Å². The van der Waals surface area contributed by atoms with Crippen molar-refractivity contribution in [2.24, 2.45) is 11.5 Å². The van der Waals surface area contributed by atoms with Crippen molar-refractivity contribution in [1.29, 1.82) is 0 Å². The van der Waals surface area contributed by atoms with Crippen LogP contribution in [0.4, 0.5) is 0 Å². The van der Waals surface area contributed by atoms with E-state index in [0.29, 0.717) is 0 Å². The number of nitrogens with two attached hydrogens (primary N) is 2. The lowest BCUT2D eigenvalue weighted by molar-refractivity contribution is 0.374. The summed E-state index contributed by atoms with van der Waals surface area (Å²) in [6.45, 7) is 2.23. The van der Waals surface area contributed by atoms with E-state index in [1.165, 1.54) is 31.0 Å². The van der Waals surface area contributed by atoms with Crippen molar-refractivity contribution in [3.05, 3.63) is 71.8 Å². The lowest BCUT2D eigenvalue weighted by Gasteiger charge is -2.30. The molecule has 2 nitrogen and oxygen atoms in total. The third-order valence-corrected chi connectivity index (χ3v) is 3.83. The zero-order chi connectivity index (χ0) is 16.3. The maximum Gasteiger partial charge on any atom is 0.0235 e. The molecule has 0 aliphatic rings. The lowest BCUT2D eigenvalue weighted by Crippen LogP contribution is -2.44. The number of rotatable bonds is 7. The maximum atomic E-state index is 6.75. The van der Waals surface area contributed by atoms with Crippen LogP contribution >= 0.6 is 0 Å². The summed E-state index contributed by atoms with van der Waals surface area (Å²) in [6.07, 6.45) is 5.36. The monoisotopic (exact) mass is 298 g/mol. The first-order valence-corrected chi connectivity index (χ1v) is 8.16. The van der Waals surface area contributed by atoms with E-state index >= 15 is 0 Å². The van der Waals surface area contributed by atoms with Gasteiger partial charge in [0.25, 0.3) is 0 Å². The van der Waals surface area contributed by atoms with Crippen molar-refractivity contribution in [2.45, 2.75) is 44.6 Å². The zero-order valence-electron chi connectivity index (χ0n) is 14.0. The molecule has 2 heteroatoms. The summed E-state index contributed by atoms with van der Waals surface area (Å²) in [5.41, 5.74) is 13.8. The highest BCUT2D eigenvalue weighted by Gasteiger charge is 2.25. The van der Waals surface area contributed by atoms with Gasteiger partial charge in [0.15, 0.2) is 0 Å². The summed E-state index contributed by atoms with van der Waals surface area (Å²) < 4.78 is 0. The van der Waals surface area contributed by atoms with Crippen LogP contribution in [0.25, 0.3) is 0 Å². The molecule has 0 bridgehead atoms. The lowest BCUT2D eigenvalue weighted by atomic mass is 9.81. The Morgan fingerprint density at radius 2 is 1.18 bits per heavy atom. The van der Waals surface area contributed by atoms with Crippen molar-refractivity contribution in [3.8, 4) is 0 Å². The van der Waals surface area contributed by atoms with Gasteiger partial charge in [-0.15, -0.1) is 0 Å². The quantitative estimate of drug-likeness (QED) is 0.813. The molecule has 0 radical (unpaired) electrons. The molecule has 0 saturated heterocycles. The summed E-state index contributed by atoms with van der Waals surface area (Å²) >= 11 is 0. The van der Waals surface area contributed by atoms with Gasteiger partial charge in [0.1, 0.15) is 0 Å². The van der Waals surface area contributed by atoms with Crippen LogP contribution in [0.2, 0.25) is 0 Å². The molecule has 22 heavy (non-hydrogen) atoms. The van der Waals surface area contributed by atoms with Gasteiger partial charge in [-0.1, -0.05) is 80.4 Å². The van der Waals surface area contributed by atoms with Crippen LogP contribution < -0.4 is 11.5 Å². The first-order chi connectivity index (χ1) is 10.7. The van der Waals surface area contributed by atoms with Gasteiger partial charge < -0.3 is 11.5 Å². The average Bonchev–Trinajstić information content (AvgIpc) is 2.57. The van der Waals surface area contributed by atoms with Crippen molar-refractivity contribution in [3.63, 3.8) is 0 Å². The van der Waals surface area contributed by atoms with Crippen molar-refractivity contribution >= 4 is 0 Å². The first kappa shape index (κ1) is 18.4. The van der Waals surface area contributed by atoms with Crippen LogP contribution in [-0.2, 0) is 12.8 Å². The molecule has 0 spiro atoms. The third kappa shape index (κ3) is 6.42. The molecule has 0 atom stereocenters. The molecule has 0 aliphatic carbocycles. The molecule has 120 valence electrons. The van der Waals surface area contributed by atoms with Crippen LogP contribution in [0.1, 0.15) is 37.3 Å². The predicted molar refractivity (Wildman–Crippen MR) is 96.8 cm³/mol. The van der Waals surface area contributed by atoms with Crippen LogP contribution in [0, 0.1) is 0 Å². The highest BCUT2D eigenvalue weighted by Crippen LogP contribution is 2.22. The molecule has 0 amide bonds. The van der Waals surface area contributed by atoms with Crippen LogP contribution in [0.5, 0.6) is 0 Å². The fourth-order valence-electron chi connectivity index (χ4n) is 2.77. The maximum absolute atomic E-state index is 6.75. The van der Waals surface area contributed by atoms with E-state index in [0.717, 1.165) is 19.3 Å². The van der Waals surface area contributed by atoms with Crippen LogP contribution in [0.3, 0.4) is 0 Å². The molecule has 2 aromatic rings. The minimum absolute atomic E-state index is 0.140. The standard InChI is InChI=1S/C19H25N.CH5N/c1-2-3-14-19(20,15-17-10-6-4-7-11-17)16-18-12-8-5-9-13-18;1-2/h4-13H,2-3,14-16,20H2,1H3;2H2,1H3. The molecule has 0 unspecified atom stereocenters. The summed E-state index contributed by atoms with van der Waals surface area (Å²) in [7, 11) is 1.50. The third-order valence-electron chi connectivity index (χ3n) is 3.83. The van der Waals surface area contributed by atoms with E-state index in [9.17, 15) is 0 Å². The minimum Gasteiger partial charge on any atom is -0.333 e. The second kappa shape index (κ2) is 10.1. The van der Waals surface area contributed by atoms with Gasteiger partial charge in [-0.25, -0.2) is 0 Å². The van der Waals surface area contributed by atoms with Gasteiger partial charge in [-0.3, -0.25) is 0 Å². The Labute approximate surface area is 135 Å². The minimum atomic E-state index is -0.140. The molecule has 0 fully saturated rings. The van der Waals surface area contributed by atoms with Gasteiger partial charge >= 0.3 is 0 Å². The van der Waals surface area contributed by atoms with Gasteiger partial charge in [0.05, 0.1) is 0 Å². The van der Waals surface area contributed by atoms with E-state index in [2.05, 4.69) is 73.3 Å². The molecule has 0 heterocycles. The van der Waals surface area contributed by atoms with Crippen molar-refractivity contribution in [2.75, 3.05) is 7.05 Å². The number of hydrogen-bond donors (Lipinski definition) is 2. The van der Waals surface area contributed by atoms with Gasteiger partial charge in [0, 0.05) is 5.54 Å². The van der Waals surface area contributed by atoms with E-state index < -0.39 is 0 Å². The Hall–Kier alpha value is -1.64. The smallest absolute Gasteiger partial charge is 0.0235 e. The molecule has 0 aromatic heterocycles. The highest BCUT2D eigenvalue weighted by molar-refractivity contribution is 5.22. The largest absolute Gasteiger partial charge is 0.333 e. The normalized spacial score (nSPS) is 10.7. The summed E-state index contributed by atoms with van der Waals surface area (Å²) in [5, 5.41) is 0. The predicted octanol–water partition coefficient (Wildman–Crippen LogP) is 3.93. The molecule has 0 saturated carbocycles. The van der Waals surface area contributed by atoms with Crippen LogP contribution in [-0.4, -0.2) is 12.6 Å². The second-order valence-electron chi connectivity index (χ2n) is 5.79. The van der Waals surface area contributed by atoms with E-state index in [4.69, 9.17) is 5.73 Å². The zero-order valence-corrected chi connectivity index (χ0v) is 14.0. The SMILES string of the molecule is CCCCC(N)(Cc1ccccc1)Cc1ccccc1.CN. The highest BCUT2D eigenvalue weighted by atomic mass is 14.7. The van der Waals surface area contributed by atoms with Gasteiger partial charge in [-0.2, -0.15) is 0 Å². The topological polar surface area (TPSA) is 52.0 Å². The van der Waals surface area contributed by atoms with Gasteiger partial charge in [0.2, 0.25) is 0 Å². The molecule has 2 aromatic carbocycles. The Morgan fingerprint density at radius 1 is 0.773 bits per heavy atom. The van der Waals surface area contributed by atoms with E-state index in [-0.39, 0.29) is 5.54 Å². The number of benzene rings is 2. The van der Waals surface area contributed by atoms with Crippen LogP contribution in [0.15, 0.2) is 60.7 Å². The van der Waals surface area contributed by atoms with E-state index in [1.807, 2.05) is 0 Å². The van der Waals surface area contributed by atoms with Crippen molar-refractivity contribution < 1.29 is 0 Å². The Bertz CT molecular complexity index is 452. The average molecular weight is 298 g/mol. The summed E-state index contributed by atoms with van der Waals surface area (Å²) in [5.74, 6) is 0. The Kier molecular flexibility index (Phi) is 8.49. The summed E-state index contributed by atoms with van der Waals surface area (Å²) in [6, 6.07) is 21.2. The molecular weight excluding hydrogens is 268 g/mol. The molecule has 4 N–H and O–H groups in total. The fraction of sp³-hybridized carbons (Fsp3) is 0.400. The Balaban J connectivity index is 0.00000116. The molecule has 2 rings (SSSR count). The van der Waals surface area contributed by atoms with Crippen molar-refractivity contribution in [1.82, 2.24) is 0 Å². The fourth-order valence-corrected chi connectivity index (χ4v) is 2.77. The number of unbranched alkanes of at least 4 members (excludes halogenated alkanes) is 1. The number of hydrogen-bond acceptors (Lipinski definition) is 2. The van der Waals surface area contributed by atoms with E-state index in [1.54, 1.807) is 0 Å². The Morgan fingerprint density at radius 3 is 1.55 bits per heavy atom. The first-order valence-electron chi connectivity index (χ1n) is 8.16. The summed E-state index contributed by atoms with van der Waals surface area (Å²) in [4.78, 5) is 0. The molecule has 0 aliphatic heterocycles. The second-order valence-corrected chi connectivity index (χ2v) is 5.79.